The monoisotopic (exact) mass is 1820 g/mol. The molecule has 0 saturated heterocycles. The molecule has 19 aliphatic carbocycles. The van der Waals surface area contributed by atoms with E-state index in [0.717, 1.165) is 187 Å². The highest BCUT2D eigenvalue weighted by atomic mass is 19.4. The number of esters is 7. The van der Waals surface area contributed by atoms with Crippen molar-refractivity contribution in [1.82, 2.24) is 0 Å². The fourth-order valence-corrected chi connectivity index (χ4v) is 26.2. The largest absolute Gasteiger partial charge is 0.464 e. The van der Waals surface area contributed by atoms with Crippen LogP contribution in [0.25, 0.3) is 0 Å². The van der Waals surface area contributed by atoms with Crippen LogP contribution in [0.15, 0.2) is 0 Å². The van der Waals surface area contributed by atoms with Crippen molar-refractivity contribution < 1.29 is 164 Å². The molecule has 20 unspecified atom stereocenters. The Labute approximate surface area is 722 Å². The molecule has 125 heavy (non-hydrogen) atoms. The summed E-state index contributed by atoms with van der Waals surface area (Å²) in [7, 11) is 0. The van der Waals surface area contributed by atoms with Crippen molar-refractivity contribution in [1.29, 1.82) is 0 Å². The lowest BCUT2D eigenvalue weighted by Crippen LogP contribution is -2.57. The fraction of sp³-hybridized carbons (Fsp3) is 0.922. The molecule has 19 fully saturated rings. The van der Waals surface area contributed by atoms with Gasteiger partial charge in [-0.3, -0.25) is 4.79 Å². The molecule has 18 bridgehead atoms. The van der Waals surface area contributed by atoms with E-state index >= 15 is 0 Å². The quantitative estimate of drug-likeness (QED) is 0.0284. The van der Waals surface area contributed by atoms with Gasteiger partial charge in [-0.2, -0.15) is 57.1 Å². The molecule has 0 heterocycles. The van der Waals surface area contributed by atoms with Crippen LogP contribution in [-0.4, -0.2) is 207 Å². The van der Waals surface area contributed by atoms with Gasteiger partial charge in [-0.25, -0.2) is 33.2 Å². The summed E-state index contributed by atoms with van der Waals surface area (Å²) in [5.41, 5.74) is -7.01. The molecule has 7 N–H and O–H groups in total. The third-order valence-electron chi connectivity index (χ3n) is 30.8. The van der Waals surface area contributed by atoms with Gasteiger partial charge in [-0.05, 0) is 315 Å². The highest BCUT2D eigenvalue weighted by Gasteiger charge is 2.63. The summed E-state index contributed by atoms with van der Waals surface area (Å²) < 4.78 is 212. The minimum Gasteiger partial charge on any atom is -0.464 e. The molecule has 0 spiro atoms. The summed E-state index contributed by atoms with van der Waals surface area (Å²) in [6.07, 6.45) is 22.6. The molecule has 19 saturated carbocycles. The number of aliphatic hydroxyl groups is 7. The Hall–Kier alpha value is -4.97. The third-order valence-corrected chi connectivity index (χ3v) is 30.8. The van der Waals surface area contributed by atoms with Crippen molar-refractivity contribution in [2.24, 2.45) is 128 Å². The molecule has 718 valence electrons. The van der Waals surface area contributed by atoms with Gasteiger partial charge in [0.05, 0.1) is 75.3 Å². The average Bonchev–Trinajstić information content (AvgIpc) is 1.73. The summed E-state index contributed by atoms with van der Waals surface area (Å²) in [5, 5.41) is 69.2. The Bertz CT molecular complexity index is 3550. The van der Waals surface area contributed by atoms with Crippen LogP contribution in [0.4, 0.5) is 61.5 Å². The van der Waals surface area contributed by atoms with Gasteiger partial charge in [-0.1, -0.05) is 12.8 Å². The maximum Gasteiger partial charge on any atom is 0.404 e. The number of hydrogen-bond donors (Lipinski definition) is 7. The second-order valence-electron chi connectivity index (χ2n) is 43.2. The molecule has 0 aromatic heterocycles. The Kier molecular flexibility index (Phi) is 31.6. The van der Waals surface area contributed by atoms with E-state index in [1.807, 2.05) is 0 Å². The second-order valence-corrected chi connectivity index (χ2v) is 43.2. The van der Waals surface area contributed by atoms with Crippen LogP contribution in [0.1, 0.15) is 261 Å². The Morgan fingerprint density at radius 2 is 0.656 bits per heavy atom. The Morgan fingerprint density at radius 3 is 0.984 bits per heavy atom. The molecule has 21 nitrogen and oxygen atoms in total. The summed E-state index contributed by atoms with van der Waals surface area (Å²) in [6, 6.07) is 0. The lowest BCUT2D eigenvalue weighted by atomic mass is 9.48. The zero-order valence-corrected chi connectivity index (χ0v) is 73.5. The van der Waals surface area contributed by atoms with Crippen LogP contribution in [0.2, 0.25) is 0 Å². The van der Waals surface area contributed by atoms with E-state index in [1.54, 1.807) is 0 Å². The maximum atomic E-state index is 13.5. The lowest BCUT2D eigenvalue weighted by molar-refractivity contribution is -0.231. The van der Waals surface area contributed by atoms with Gasteiger partial charge in [-0.15, -0.1) is 0 Å². The van der Waals surface area contributed by atoms with E-state index in [0.29, 0.717) is 113 Å². The van der Waals surface area contributed by atoms with E-state index in [1.165, 1.54) is 20.3 Å². The van der Waals surface area contributed by atoms with E-state index < -0.39 is 105 Å². The molecule has 0 aromatic rings. The molecular formula is C90H134F14O21. The van der Waals surface area contributed by atoms with Gasteiger partial charge in [0, 0.05) is 70.0 Å². The Balaban J connectivity index is 0.000000153. The first kappa shape index (κ1) is 102. The predicted octanol–water partition coefficient (Wildman–Crippen LogP) is 15.6. The van der Waals surface area contributed by atoms with Crippen LogP contribution in [0.5, 0.6) is 0 Å². The van der Waals surface area contributed by atoms with Gasteiger partial charge in [0.2, 0.25) is 5.67 Å². The highest BCUT2D eigenvalue weighted by molar-refractivity contribution is 5.80. The molecule has 0 aromatic carbocycles. The molecule has 0 amide bonds. The van der Waals surface area contributed by atoms with Crippen molar-refractivity contribution in [2.75, 3.05) is 59.5 Å². The second kappa shape index (κ2) is 38.7. The number of alkyl halides is 14. The predicted molar refractivity (Wildman–Crippen MR) is 419 cm³/mol. The van der Waals surface area contributed by atoms with Gasteiger partial charge < -0.3 is 68.9 Å². The third kappa shape index (κ3) is 26.1. The first-order valence-electron chi connectivity index (χ1n) is 45.1. The highest BCUT2D eigenvalue weighted by Crippen LogP contribution is 2.65. The maximum absolute atomic E-state index is 13.5. The van der Waals surface area contributed by atoms with Crippen LogP contribution in [0, 0.1) is 128 Å². The first-order valence-corrected chi connectivity index (χ1v) is 45.1. The number of halogens is 14. The number of hydrogen-bond acceptors (Lipinski definition) is 21. The number of ether oxygens (including phenoxy) is 7. The Morgan fingerprint density at radius 1 is 0.312 bits per heavy atom. The molecule has 20 atom stereocenters. The van der Waals surface area contributed by atoms with Crippen molar-refractivity contribution in [3.8, 4) is 0 Å². The van der Waals surface area contributed by atoms with Gasteiger partial charge >= 0.3 is 77.6 Å². The molecule has 19 aliphatic rings. The number of rotatable bonds is 23. The number of carbonyl (C=O) groups excluding carboxylic acids is 7. The van der Waals surface area contributed by atoms with Crippen molar-refractivity contribution >= 4 is 41.8 Å². The summed E-state index contributed by atoms with van der Waals surface area (Å²) in [6.45, 7) is 7.35. The van der Waals surface area contributed by atoms with Gasteiger partial charge in [0.15, 0.2) is 5.41 Å². The topological polar surface area (TPSA) is 326 Å². The minimum atomic E-state index is -4.62. The zero-order valence-electron chi connectivity index (χ0n) is 73.5. The SMILES string of the molecule is CC(C)(C(=O)OCC12CC3CC(CC(O)(C3)C1)C2)C(F)(F)F.CC(C)(F)C(=O)OCC12CC3CC(CC(O)(C3)C1)C2.CC(F)(F)C(=O)OCC12CC3CC(CC(O)(C3)C1)C2.CC(F)(F)C(=O)OCC1C2CCC(C2)C1CO.CC(F)(F)C(=O)OCC1CC2CC(O)C1C2.CC(F)(F)C(=O)OCC1CC2CC1CC2O.CC(F)(F)C(=O)OCC1CCCCC1CO. The smallest absolute Gasteiger partial charge is 0.404 e. The van der Waals surface area contributed by atoms with Crippen LogP contribution in [-0.2, 0) is 66.7 Å². The van der Waals surface area contributed by atoms with E-state index in [4.69, 9.17) is 19.3 Å². The number of carbonyl (C=O) groups is 7. The molecule has 0 radical (unpaired) electrons. The normalized spacial score (nSPS) is 38.7. The molecule has 35 heteroatoms. The number of aliphatic hydroxyl groups excluding tert-OH is 4. The summed E-state index contributed by atoms with van der Waals surface area (Å²) >= 11 is 0. The molecule has 0 aliphatic heterocycles. The minimum absolute atomic E-state index is 0.000648. The van der Waals surface area contributed by atoms with E-state index in [9.17, 15) is 126 Å². The zero-order chi connectivity index (χ0) is 92.8. The van der Waals surface area contributed by atoms with Crippen LogP contribution >= 0.6 is 0 Å². The van der Waals surface area contributed by atoms with Crippen molar-refractivity contribution in [3.63, 3.8) is 0 Å². The summed E-state index contributed by atoms with van der Waals surface area (Å²) in [5.74, 6) is -20.9. The summed E-state index contributed by atoms with van der Waals surface area (Å²) in [4.78, 5) is 78.3. The average molecular weight is 1820 g/mol. The van der Waals surface area contributed by atoms with Crippen molar-refractivity contribution in [2.45, 2.75) is 332 Å². The molecular weight excluding hydrogens is 1680 g/mol. The van der Waals surface area contributed by atoms with Crippen LogP contribution < -0.4 is 0 Å². The van der Waals surface area contributed by atoms with Crippen molar-refractivity contribution in [3.05, 3.63) is 0 Å². The van der Waals surface area contributed by atoms with Gasteiger partial charge in [0.25, 0.3) is 0 Å². The number of fused-ring (bicyclic) bond motifs is 6. The lowest BCUT2D eigenvalue weighted by Gasteiger charge is -2.60. The van der Waals surface area contributed by atoms with Crippen LogP contribution in [0.3, 0.4) is 0 Å². The van der Waals surface area contributed by atoms with Gasteiger partial charge in [0.1, 0.15) is 0 Å². The molecule has 19 rings (SSSR count). The first-order chi connectivity index (χ1) is 57.5. The van der Waals surface area contributed by atoms with E-state index in [-0.39, 0.29) is 135 Å². The fourth-order valence-electron chi connectivity index (χ4n) is 26.2. The standard InChI is InChI=1S/C16H23F3O3.C15H23FO3.C14H20F2O3.C12H18F2O3.2C11H16F2O3.C11H18F2O3/c1-13(2,16(17,18)19)12(20)22-9-14-4-10-3-11(5-14)7-15(21,6-10)8-14;1-13(2,16)12(17)19-9-14-4-10-3-11(5-14)7-15(18,6-10)8-14;1-12(15,16)11(17)19-8-13-3-9-2-10(4-13)6-14(18,5-9)7-13;1-12(13,14)11(16)17-6-10-8-3-2-7(4-8)9(10)5-15;1-11(12,13)10(15)16-5-8-3-7-2-6(8)4-9(7)14;1-11(12,13)10(15)16-5-7-2-6-3-8(7)9(14)4-6;1-11(12,13)10(15)16-7-9-5-3-2-4-8(9)6-14/h10-11,21H,3-9H2,1-2H3;10-11,18H,3-9H2,1-2H3;9-10,18H,2-8H2,1H3;7-10,15H,2-6H2,1H3;2*6-9,14H,2-5H2,1H3;8-9,14H,2-7H2,1H3. The van der Waals surface area contributed by atoms with E-state index in [2.05, 4.69) is 18.9 Å².